The molecule has 0 aliphatic heterocycles. The lowest BCUT2D eigenvalue weighted by molar-refractivity contribution is -0.173. The number of hydrogen-bond donors (Lipinski definition) is 3. The Labute approximate surface area is 164 Å². The van der Waals surface area contributed by atoms with Crippen molar-refractivity contribution < 1.29 is 18.0 Å². The second-order valence-electron chi connectivity index (χ2n) is 5.55. The van der Waals surface area contributed by atoms with Crippen molar-refractivity contribution in [3.63, 3.8) is 0 Å². The van der Waals surface area contributed by atoms with Crippen LogP contribution in [0.5, 0.6) is 0 Å². The van der Waals surface area contributed by atoms with Crippen molar-refractivity contribution in [2.24, 2.45) is 0 Å². The normalized spacial score (nSPS) is 12.0. The van der Waals surface area contributed by atoms with Crippen LogP contribution < -0.4 is 10.6 Å². The van der Waals surface area contributed by atoms with E-state index in [2.05, 4.69) is 25.5 Å². The first kappa shape index (κ1) is 21.2. The van der Waals surface area contributed by atoms with E-state index >= 15 is 0 Å². The van der Waals surface area contributed by atoms with E-state index < -0.39 is 18.1 Å². The molecule has 0 aliphatic carbocycles. The molecule has 3 rings (SSSR count). The Balaban J connectivity index is 0.00000280. The van der Waals surface area contributed by atoms with Crippen LogP contribution in [-0.4, -0.2) is 38.8 Å². The summed E-state index contributed by atoms with van der Waals surface area (Å²) in [6.07, 6.45) is -1.80. The summed E-state index contributed by atoms with van der Waals surface area (Å²) in [5.41, 5.74) is 1.36. The van der Waals surface area contributed by atoms with Crippen LogP contribution in [0.3, 0.4) is 0 Å². The van der Waals surface area contributed by atoms with Crippen LogP contribution in [-0.2, 0) is 4.79 Å². The van der Waals surface area contributed by atoms with Gasteiger partial charge in [0.25, 0.3) is 0 Å². The monoisotopic (exact) mass is 412 g/mol. The van der Waals surface area contributed by atoms with Gasteiger partial charge >= 0.3 is 12.1 Å². The fourth-order valence-electron chi connectivity index (χ4n) is 2.31. The van der Waals surface area contributed by atoms with Crippen molar-refractivity contribution in [3.05, 3.63) is 60.7 Å². The van der Waals surface area contributed by atoms with Crippen LogP contribution in [0, 0.1) is 0 Å². The summed E-state index contributed by atoms with van der Waals surface area (Å²) < 4.78 is 37.4. The van der Waals surface area contributed by atoms with Crippen LogP contribution in [0.15, 0.2) is 54.9 Å². The van der Waals surface area contributed by atoms with E-state index in [1.54, 1.807) is 48.8 Å². The van der Waals surface area contributed by atoms with E-state index in [4.69, 9.17) is 0 Å². The lowest BCUT2D eigenvalue weighted by atomic mass is 10.2. The van der Waals surface area contributed by atoms with Crippen molar-refractivity contribution in [3.8, 4) is 11.4 Å². The molecule has 2 aromatic heterocycles. The summed E-state index contributed by atoms with van der Waals surface area (Å²) in [6, 6.07) is 11.5. The first-order valence-electron chi connectivity index (χ1n) is 7.93. The number of para-hydroxylation sites is 1. The van der Waals surface area contributed by atoms with E-state index in [0.29, 0.717) is 17.1 Å². The number of halogens is 4. The van der Waals surface area contributed by atoms with Gasteiger partial charge in [-0.1, -0.05) is 18.2 Å². The van der Waals surface area contributed by atoms with E-state index in [-0.39, 0.29) is 24.8 Å². The van der Waals surface area contributed by atoms with Gasteiger partial charge in [0.15, 0.2) is 5.82 Å². The van der Waals surface area contributed by atoms with E-state index in [9.17, 15) is 18.0 Å². The average molecular weight is 413 g/mol. The molecule has 0 radical (unpaired) electrons. The summed E-state index contributed by atoms with van der Waals surface area (Å²) in [5.74, 6) is -1.36. The summed E-state index contributed by atoms with van der Waals surface area (Å²) in [4.78, 5) is 19.4. The largest absolute Gasteiger partial charge is 0.471 e. The Hall–Kier alpha value is -3.14. The third kappa shape index (κ3) is 5.43. The minimum Gasteiger partial charge on any atom is -0.374 e. The van der Waals surface area contributed by atoms with Gasteiger partial charge in [-0.2, -0.15) is 18.3 Å². The number of carbonyl (C=O) groups excluding carboxylic acids is 1. The number of hydrogen-bond acceptors (Lipinski definition) is 5. The number of carbonyl (C=O) groups is 1. The number of nitrogens with zero attached hydrogens (tertiary/aromatic N) is 3. The molecule has 0 bridgehead atoms. The maximum Gasteiger partial charge on any atom is 0.471 e. The maximum atomic E-state index is 12.5. The number of pyridine rings is 1. The molecular weight excluding hydrogens is 397 g/mol. The number of anilines is 1. The van der Waals surface area contributed by atoms with Gasteiger partial charge in [0.1, 0.15) is 11.9 Å². The molecular formula is C17H16ClF3N6O. The number of nitrogens with one attached hydrogen (secondary N) is 3. The van der Waals surface area contributed by atoms with Crippen LogP contribution in [0.1, 0.15) is 11.9 Å². The average Bonchev–Trinajstić information content (AvgIpc) is 3.15. The Morgan fingerprint density at radius 1 is 1.11 bits per heavy atom. The topological polar surface area (TPSA) is 95.6 Å². The van der Waals surface area contributed by atoms with Crippen molar-refractivity contribution >= 4 is 24.0 Å². The molecule has 7 nitrogen and oxygen atoms in total. The highest BCUT2D eigenvalue weighted by Gasteiger charge is 2.38. The molecule has 148 valence electrons. The van der Waals surface area contributed by atoms with Gasteiger partial charge in [-0.15, -0.1) is 12.4 Å². The maximum absolute atomic E-state index is 12.5. The highest BCUT2D eigenvalue weighted by molar-refractivity contribution is 5.85. The molecule has 0 spiro atoms. The van der Waals surface area contributed by atoms with Crippen molar-refractivity contribution in [2.75, 3.05) is 11.9 Å². The fourth-order valence-corrected chi connectivity index (χ4v) is 2.31. The van der Waals surface area contributed by atoms with Gasteiger partial charge < -0.3 is 10.6 Å². The van der Waals surface area contributed by atoms with Gasteiger partial charge in [0, 0.05) is 30.2 Å². The first-order chi connectivity index (χ1) is 12.9. The SMILES string of the molecule is Cl.O=C(NCC(Nc1ccccc1)c1nc(-c2ccncc2)n[nH]1)C(F)(F)F. The summed E-state index contributed by atoms with van der Waals surface area (Å²) >= 11 is 0. The van der Waals surface area contributed by atoms with Crippen molar-refractivity contribution in [2.45, 2.75) is 12.2 Å². The first-order valence-corrected chi connectivity index (χ1v) is 7.93. The number of rotatable bonds is 6. The third-order valence-corrected chi connectivity index (χ3v) is 3.61. The van der Waals surface area contributed by atoms with Crippen LogP contribution in [0.2, 0.25) is 0 Å². The summed E-state index contributed by atoms with van der Waals surface area (Å²) in [5, 5.41) is 11.7. The Morgan fingerprint density at radius 2 is 1.79 bits per heavy atom. The van der Waals surface area contributed by atoms with Gasteiger partial charge in [-0.3, -0.25) is 14.9 Å². The zero-order chi connectivity index (χ0) is 19.3. The molecule has 3 N–H and O–H groups in total. The Bertz CT molecular complexity index is 889. The second-order valence-corrected chi connectivity index (χ2v) is 5.55. The molecule has 11 heteroatoms. The zero-order valence-corrected chi connectivity index (χ0v) is 15.1. The standard InChI is InChI=1S/C17H15F3N6O.ClH/c18-17(19,20)16(27)22-10-13(23-12-4-2-1-3-5-12)15-24-14(25-26-15)11-6-8-21-9-7-11;/h1-9,13,23H,10H2,(H,22,27)(H,24,25,26);1H. The quantitative estimate of drug-likeness (QED) is 0.578. The Kier molecular flexibility index (Phi) is 6.94. The van der Waals surface area contributed by atoms with E-state index in [0.717, 1.165) is 0 Å². The molecule has 0 aliphatic rings. The molecule has 1 unspecified atom stereocenters. The van der Waals surface area contributed by atoms with E-state index in [1.165, 1.54) is 0 Å². The molecule has 0 fully saturated rings. The number of amides is 1. The minimum atomic E-state index is -4.96. The van der Waals surface area contributed by atoms with Gasteiger partial charge in [-0.05, 0) is 24.3 Å². The van der Waals surface area contributed by atoms with Gasteiger partial charge in [0.2, 0.25) is 0 Å². The molecule has 0 saturated carbocycles. The van der Waals surface area contributed by atoms with Crippen molar-refractivity contribution in [1.82, 2.24) is 25.5 Å². The molecule has 1 aromatic carbocycles. The predicted molar refractivity (Wildman–Crippen MR) is 98.7 cm³/mol. The van der Waals surface area contributed by atoms with Crippen LogP contribution >= 0.6 is 12.4 Å². The van der Waals surface area contributed by atoms with Gasteiger partial charge in [0.05, 0.1) is 0 Å². The fraction of sp³-hybridized carbons (Fsp3) is 0.176. The predicted octanol–water partition coefficient (Wildman–Crippen LogP) is 3.12. The molecule has 1 atom stereocenters. The summed E-state index contributed by atoms with van der Waals surface area (Å²) in [7, 11) is 0. The molecule has 3 aromatic rings. The van der Waals surface area contributed by atoms with Crippen LogP contribution in [0.4, 0.5) is 18.9 Å². The van der Waals surface area contributed by atoms with E-state index in [1.807, 2.05) is 11.4 Å². The number of aromatic amines is 1. The molecule has 28 heavy (non-hydrogen) atoms. The molecule has 2 heterocycles. The van der Waals surface area contributed by atoms with Crippen molar-refractivity contribution in [1.29, 1.82) is 0 Å². The highest BCUT2D eigenvalue weighted by Crippen LogP contribution is 2.20. The minimum absolute atomic E-state index is 0. The lowest BCUT2D eigenvalue weighted by Gasteiger charge is -2.18. The smallest absolute Gasteiger partial charge is 0.374 e. The number of H-pyrrole nitrogens is 1. The molecule has 0 saturated heterocycles. The zero-order valence-electron chi connectivity index (χ0n) is 14.3. The molecule has 1 amide bonds. The second kappa shape index (κ2) is 9.18. The number of alkyl halides is 3. The third-order valence-electron chi connectivity index (χ3n) is 3.61. The van der Waals surface area contributed by atoms with Gasteiger partial charge in [-0.25, -0.2) is 4.98 Å². The number of benzene rings is 1. The lowest BCUT2D eigenvalue weighted by Crippen LogP contribution is -2.40. The van der Waals surface area contributed by atoms with Crippen LogP contribution in [0.25, 0.3) is 11.4 Å². The Morgan fingerprint density at radius 3 is 2.43 bits per heavy atom. The number of aromatic nitrogens is 4. The summed E-state index contributed by atoms with van der Waals surface area (Å²) in [6.45, 7) is -0.335. The highest BCUT2D eigenvalue weighted by atomic mass is 35.5.